The van der Waals surface area contributed by atoms with Gasteiger partial charge in [-0.25, -0.2) is 0 Å². The highest BCUT2D eigenvalue weighted by atomic mass is 16.2. The van der Waals surface area contributed by atoms with Crippen molar-refractivity contribution in [2.75, 3.05) is 0 Å². The van der Waals surface area contributed by atoms with Crippen LogP contribution >= 0.6 is 0 Å². The Labute approximate surface area is 79.6 Å². The van der Waals surface area contributed by atoms with E-state index in [-0.39, 0.29) is 16.7 Å². The van der Waals surface area contributed by atoms with Crippen LogP contribution < -0.4 is 10.5 Å². The maximum atomic E-state index is 11.4. The van der Waals surface area contributed by atoms with Gasteiger partial charge in [0.05, 0.1) is 5.41 Å². The summed E-state index contributed by atoms with van der Waals surface area (Å²) in [5.41, 5.74) is 3.71. The van der Waals surface area contributed by atoms with Crippen LogP contribution in [-0.4, -0.2) is 11.6 Å². The minimum absolute atomic E-state index is 0.0699. The molecule has 3 heteroatoms. The molecule has 3 nitrogen and oxygen atoms in total. The summed E-state index contributed by atoms with van der Waals surface area (Å²) in [5, 5.41) is 2.98. The largest absolute Gasteiger partial charge is 0.280 e. The molecule has 0 unspecified atom stereocenters. The van der Waals surface area contributed by atoms with Crippen LogP contribution in [0.5, 0.6) is 0 Å². The van der Waals surface area contributed by atoms with Crippen LogP contribution in [0.15, 0.2) is 0 Å². The van der Waals surface area contributed by atoms with E-state index < -0.39 is 0 Å². The van der Waals surface area contributed by atoms with Crippen LogP contribution in [0.2, 0.25) is 0 Å². The number of carbonyl (C=O) groups is 1. The van der Waals surface area contributed by atoms with Gasteiger partial charge in [0, 0.05) is 11.8 Å². The summed E-state index contributed by atoms with van der Waals surface area (Å²) >= 11 is 0. The number of hydrogen-bond donors (Lipinski definition) is 2. The van der Waals surface area contributed by atoms with Crippen molar-refractivity contribution in [3.63, 3.8) is 0 Å². The number of hydrazine groups is 1. The fourth-order valence-electron chi connectivity index (χ4n) is 1.32. The third kappa shape index (κ3) is 2.08. The van der Waals surface area contributed by atoms with E-state index in [9.17, 15) is 4.79 Å². The first-order valence-electron chi connectivity index (χ1n) is 4.66. The Morgan fingerprint density at radius 1 is 1.38 bits per heavy atom. The third-order valence-electron chi connectivity index (χ3n) is 2.47. The first-order valence-corrected chi connectivity index (χ1v) is 4.66. The van der Waals surface area contributed by atoms with Crippen LogP contribution in [0, 0.1) is 10.8 Å². The zero-order valence-electron chi connectivity index (χ0n) is 9.12. The monoisotopic (exact) mass is 183 g/mol. The quantitative estimate of drug-likeness (QED) is 0.546. The Bertz CT molecular complexity index is 259. The molecule has 0 radical (unpaired) electrons. The maximum absolute atomic E-state index is 11.4. The lowest BCUT2D eigenvalue weighted by Crippen LogP contribution is -2.89. The molecule has 0 aromatic rings. The standard InChI is InChI=1S/C10H18N2O/c1-9(2,3)7-6-10(4,5)8(13)12-11-7/h6H2,1-5H3,(H,12,13)/p+1. The highest BCUT2D eigenvalue weighted by Gasteiger charge is 2.40. The Hall–Kier alpha value is -0.860. The average Bonchev–Trinajstić information content (AvgIpc) is 1.92. The van der Waals surface area contributed by atoms with Gasteiger partial charge in [-0.3, -0.25) is 4.79 Å². The van der Waals surface area contributed by atoms with Crippen LogP contribution in [0.4, 0.5) is 0 Å². The topological polar surface area (TPSA) is 43.1 Å². The number of hydrazone groups is 1. The lowest BCUT2D eigenvalue weighted by atomic mass is 9.77. The number of nitrogens with one attached hydrogen (secondary N) is 2. The molecule has 0 atom stereocenters. The van der Waals surface area contributed by atoms with E-state index >= 15 is 0 Å². The van der Waals surface area contributed by atoms with E-state index in [4.69, 9.17) is 0 Å². The van der Waals surface area contributed by atoms with Gasteiger partial charge in [-0.2, -0.15) is 0 Å². The Balaban J connectivity index is 2.90. The first kappa shape index (κ1) is 10.2. The number of carbonyl (C=O) groups excluding carboxylic acids is 1. The fourth-order valence-corrected chi connectivity index (χ4v) is 1.32. The molecule has 1 rings (SSSR count). The molecule has 0 aliphatic carbocycles. The zero-order valence-corrected chi connectivity index (χ0v) is 9.12. The Kier molecular flexibility index (Phi) is 2.22. The van der Waals surface area contributed by atoms with Gasteiger partial charge < -0.3 is 0 Å². The SMILES string of the molecule is CC(C)(C)C1=[NH+]NC(=O)C(C)(C)C1. The molecule has 13 heavy (non-hydrogen) atoms. The molecule has 0 aromatic carbocycles. The summed E-state index contributed by atoms with van der Waals surface area (Å²) in [6.45, 7) is 10.4. The minimum atomic E-state index is -0.284. The van der Waals surface area contributed by atoms with Gasteiger partial charge in [-0.1, -0.05) is 34.6 Å². The lowest BCUT2D eigenvalue weighted by Gasteiger charge is -2.28. The van der Waals surface area contributed by atoms with Crippen LogP contribution in [0.3, 0.4) is 0 Å². The Morgan fingerprint density at radius 2 is 1.92 bits per heavy atom. The molecule has 74 valence electrons. The number of rotatable bonds is 0. The van der Waals surface area contributed by atoms with Gasteiger partial charge in [0.2, 0.25) is 0 Å². The minimum Gasteiger partial charge on any atom is -0.269 e. The highest BCUT2D eigenvalue weighted by Crippen LogP contribution is 2.27. The number of hydrogen-bond acceptors (Lipinski definition) is 1. The second kappa shape index (κ2) is 2.82. The molecule has 1 aliphatic heterocycles. The molecule has 0 aromatic heterocycles. The van der Waals surface area contributed by atoms with Gasteiger partial charge in [0.15, 0.2) is 5.71 Å². The summed E-state index contributed by atoms with van der Waals surface area (Å²) in [4.78, 5) is 11.4. The molecule has 1 amide bonds. The van der Waals surface area contributed by atoms with Gasteiger partial charge >= 0.3 is 0 Å². The van der Waals surface area contributed by atoms with Crippen molar-refractivity contribution in [3.8, 4) is 0 Å². The highest BCUT2D eigenvalue weighted by molar-refractivity contribution is 5.93. The van der Waals surface area contributed by atoms with E-state index in [1.54, 1.807) is 0 Å². The summed E-state index contributed by atoms with van der Waals surface area (Å²) < 4.78 is 0. The van der Waals surface area contributed by atoms with Crippen molar-refractivity contribution < 1.29 is 9.90 Å². The van der Waals surface area contributed by atoms with Crippen molar-refractivity contribution in [2.24, 2.45) is 10.8 Å². The maximum Gasteiger partial charge on any atom is 0.280 e. The molecular weight excluding hydrogens is 164 g/mol. The summed E-state index contributed by atoms with van der Waals surface area (Å²) in [6.07, 6.45) is 0.808. The van der Waals surface area contributed by atoms with Gasteiger partial charge in [-0.05, 0) is 0 Å². The zero-order chi connectivity index (χ0) is 10.3. The second-order valence-electron chi connectivity index (χ2n) is 5.37. The van der Waals surface area contributed by atoms with Crippen LogP contribution in [0.25, 0.3) is 0 Å². The first-order chi connectivity index (χ1) is 5.73. The number of amides is 1. The molecule has 1 heterocycles. The Morgan fingerprint density at radius 3 is 2.31 bits per heavy atom. The van der Waals surface area contributed by atoms with E-state index in [2.05, 4.69) is 31.3 Å². The van der Waals surface area contributed by atoms with Gasteiger partial charge in [0.25, 0.3) is 5.91 Å². The van der Waals surface area contributed by atoms with Crippen LogP contribution in [0.1, 0.15) is 41.0 Å². The molecule has 0 fully saturated rings. The van der Waals surface area contributed by atoms with Gasteiger partial charge in [0.1, 0.15) is 0 Å². The smallest absolute Gasteiger partial charge is 0.269 e. The van der Waals surface area contributed by atoms with Crippen molar-refractivity contribution >= 4 is 11.6 Å². The van der Waals surface area contributed by atoms with Crippen molar-refractivity contribution in [1.82, 2.24) is 5.43 Å². The van der Waals surface area contributed by atoms with Crippen LogP contribution in [-0.2, 0) is 4.79 Å². The van der Waals surface area contributed by atoms with Crippen molar-refractivity contribution in [3.05, 3.63) is 0 Å². The predicted molar refractivity (Wildman–Crippen MR) is 52.0 cm³/mol. The fraction of sp³-hybridized carbons (Fsp3) is 0.800. The third-order valence-corrected chi connectivity index (χ3v) is 2.47. The second-order valence-corrected chi connectivity index (χ2v) is 5.37. The predicted octanol–water partition coefficient (Wildman–Crippen LogP) is 0.0152. The summed E-state index contributed by atoms with van der Waals surface area (Å²) in [6, 6.07) is 0. The van der Waals surface area contributed by atoms with Gasteiger partial charge in [-0.15, -0.1) is 10.5 Å². The molecule has 1 aliphatic rings. The van der Waals surface area contributed by atoms with E-state index in [0.29, 0.717) is 0 Å². The molecule has 0 saturated carbocycles. The van der Waals surface area contributed by atoms with Crippen molar-refractivity contribution in [2.45, 2.75) is 41.0 Å². The van der Waals surface area contributed by atoms with E-state index in [1.165, 1.54) is 5.71 Å². The normalized spacial score (nSPS) is 22.2. The molecule has 0 saturated heterocycles. The molecular formula is C10H19N2O+. The molecule has 0 bridgehead atoms. The van der Waals surface area contributed by atoms with Crippen molar-refractivity contribution in [1.29, 1.82) is 0 Å². The summed E-state index contributed by atoms with van der Waals surface area (Å²) in [5.74, 6) is 0.0699. The van der Waals surface area contributed by atoms with E-state index in [1.807, 2.05) is 13.8 Å². The molecule has 2 N–H and O–H groups in total. The average molecular weight is 183 g/mol. The van der Waals surface area contributed by atoms with E-state index in [0.717, 1.165) is 6.42 Å². The summed E-state index contributed by atoms with van der Waals surface area (Å²) in [7, 11) is 0. The lowest BCUT2D eigenvalue weighted by molar-refractivity contribution is -0.522. The molecule has 0 spiro atoms.